The predicted octanol–water partition coefficient (Wildman–Crippen LogP) is 4.62. The largest absolute Gasteiger partial charge is 0.455 e. The number of hydrogen-bond acceptors (Lipinski definition) is 5. The minimum atomic E-state index is -3.67. The lowest BCUT2D eigenvalue weighted by Gasteiger charge is -2.14. The van der Waals surface area contributed by atoms with E-state index in [4.69, 9.17) is 9.15 Å². The van der Waals surface area contributed by atoms with Crippen molar-refractivity contribution >= 4 is 21.4 Å². The van der Waals surface area contributed by atoms with E-state index in [1.54, 1.807) is 31.2 Å². The smallest absolute Gasteiger partial charge is 0.259 e. The topological polar surface area (TPSA) is 85.6 Å². The number of carbonyl (C=O) groups excluding carboxylic acids is 1. The fourth-order valence-electron chi connectivity index (χ4n) is 2.59. The molecule has 9 heteroatoms. The summed E-state index contributed by atoms with van der Waals surface area (Å²) < 4.78 is 62.1. The quantitative estimate of drug-likeness (QED) is 0.650. The molecule has 152 valence electrons. The highest BCUT2D eigenvalue weighted by molar-refractivity contribution is 7.90. The number of ether oxygens (including phenoxy) is 1. The van der Waals surface area contributed by atoms with Gasteiger partial charge in [0.2, 0.25) is 14.9 Å². The summed E-state index contributed by atoms with van der Waals surface area (Å²) in [5.74, 6) is -2.62. The lowest BCUT2D eigenvalue weighted by atomic mass is 10.2. The summed E-state index contributed by atoms with van der Waals surface area (Å²) in [7, 11) is -3.67. The van der Waals surface area contributed by atoms with Crippen LogP contribution in [0.15, 0.2) is 52.0 Å². The van der Waals surface area contributed by atoms with Crippen LogP contribution in [0.25, 0.3) is 0 Å². The van der Waals surface area contributed by atoms with Crippen molar-refractivity contribution in [3.05, 3.63) is 71.0 Å². The first-order valence-corrected chi connectivity index (χ1v) is 10.3. The number of benzene rings is 2. The van der Waals surface area contributed by atoms with Crippen LogP contribution < -0.4 is 10.1 Å². The maximum atomic E-state index is 14.4. The third-order valence-corrected chi connectivity index (χ3v) is 5.01. The molecule has 0 aliphatic heterocycles. The van der Waals surface area contributed by atoms with Crippen molar-refractivity contribution in [2.45, 2.75) is 18.9 Å². The number of sulfone groups is 1. The molecule has 1 N–H and O–H groups in total. The molecule has 3 aromatic rings. The molecule has 0 aliphatic rings. The average Bonchev–Trinajstić information content (AvgIpc) is 3.02. The molecule has 0 saturated carbocycles. The minimum Gasteiger partial charge on any atom is -0.455 e. The summed E-state index contributed by atoms with van der Waals surface area (Å²) >= 11 is 0. The van der Waals surface area contributed by atoms with Gasteiger partial charge in [0, 0.05) is 24.5 Å². The number of furan rings is 1. The molecule has 0 radical (unpaired) electrons. The van der Waals surface area contributed by atoms with Crippen LogP contribution >= 0.6 is 0 Å². The minimum absolute atomic E-state index is 0.0341. The number of aryl methyl sites for hydroxylation is 2. The molecular weight excluding hydrogens is 404 g/mol. The van der Waals surface area contributed by atoms with Gasteiger partial charge in [0.25, 0.3) is 5.91 Å². The molecule has 0 bridgehead atoms. The van der Waals surface area contributed by atoms with Crippen LogP contribution in [0.4, 0.5) is 14.5 Å². The van der Waals surface area contributed by atoms with E-state index in [0.717, 1.165) is 24.0 Å². The van der Waals surface area contributed by atoms with Gasteiger partial charge in [0.15, 0.2) is 11.6 Å². The monoisotopic (exact) mass is 421 g/mol. The molecule has 0 fully saturated rings. The molecule has 1 amide bonds. The summed E-state index contributed by atoms with van der Waals surface area (Å²) in [5.41, 5.74) is 0.232. The van der Waals surface area contributed by atoms with Crippen LogP contribution in [0.1, 0.15) is 21.7 Å². The standard InChI is InChI=1S/C20H17F2NO5S/c1-11-6-4-5-7-16(11)28-17-9-13(21)8-15(22)19(17)23-20(24)14-10-18(27-12(14)2)29(3,25)26/h4-10H,1-3H3,(H,23,24). The number of halogens is 2. The molecule has 0 atom stereocenters. The molecule has 29 heavy (non-hydrogen) atoms. The molecule has 2 aromatic carbocycles. The number of amides is 1. The molecule has 0 spiro atoms. The van der Waals surface area contributed by atoms with Crippen molar-refractivity contribution in [3.63, 3.8) is 0 Å². The second kappa shape index (κ2) is 7.67. The van der Waals surface area contributed by atoms with Crippen molar-refractivity contribution < 1.29 is 31.1 Å². The zero-order valence-corrected chi connectivity index (χ0v) is 16.6. The Balaban J connectivity index is 1.98. The molecule has 1 heterocycles. The third kappa shape index (κ3) is 4.45. The van der Waals surface area contributed by atoms with Crippen molar-refractivity contribution in [3.8, 4) is 11.5 Å². The Morgan fingerprint density at radius 2 is 1.76 bits per heavy atom. The average molecular weight is 421 g/mol. The molecule has 3 rings (SSSR count). The second-order valence-electron chi connectivity index (χ2n) is 6.39. The third-order valence-electron chi connectivity index (χ3n) is 4.08. The van der Waals surface area contributed by atoms with Gasteiger partial charge in [-0.25, -0.2) is 17.2 Å². The summed E-state index contributed by atoms with van der Waals surface area (Å²) in [5, 5.41) is 1.91. The molecule has 0 saturated heterocycles. The van der Waals surface area contributed by atoms with Gasteiger partial charge in [0.1, 0.15) is 23.0 Å². The maximum absolute atomic E-state index is 14.4. The van der Waals surface area contributed by atoms with Crippen molar-refractivity contribution in [2.24, 2.45) is 0 Å². The maximum Gasteiger partial charge on any atom is 0.259 e. The number of nitrogens with one attached hydrogen (secondary N) is 1. The van der Waals surface area contributed by atoms with Gasteiger partial charge >= 0.3 is 0 Å². The first-order valence-electron chi connectivity index (χ1n) is 8.40. The van der Waals surface area contributed by atoms with Crippen molar-refractivity contribution in [1.82, 2.24) is 0 Å². The van der Waals surface area contributed by atoms with Crippen LogP contribution in [0.5, 0.6) is 11.5 Å². The number of carbonyl (C=O) groups is 1. The predicted molar refractivity (Wildman–Crippen MR) is 102 cm³/mol. The van der Waals surface area contributed by atoms with Crippen LogP contribution in [0.3, 0.4) is 0 Å². The number of hydrogen-bond donors (Lipinski definition) is 1. The van der Waals surface area contributed by atoms with E-state index in [1.807, 2.05) is 0 Å². The highest BCUT2D eigenvalue weighted by Crippen LogP contribution is 2.35. The summed E-state index contributed by atoms with van der Waals surface area (Å²) in [6.45, 7) is 3.15. The molecule has 1 aromatic heterocycles. The van der Waals surface area contributed by atoms with Gasteiger partial charge < -0.3 is 14.5 Å². The molecule has 0 aliphatic carbocycles. The first kappa shape index (κ1) is 20.5. The van der Waals surface area contributed by atoms with E-state index in [2.05, 4.69) is 5.32 Å². The second-order valence-corrected chi connectivity index (χ2v) is 8.34. The van der Waals surface area contributed by atoms with Gasteiger partial charge in [0.05, 0.1) is 5.56 Å². The fraction of sp³-hybridized carbons (Fsp3) is 0.150. The van der Waals surface area contributed by atoms with Gasteiger partial charge in [-0.2, -0.15) is 0 Å². The van der Waals surface area contributed by atoms with Crippen LogP contribution in [0, 0.1) is 25.5 Å². The van der Waals surface area contributed by atoms with Crippen molar-refractivity contribution in [2.75, 3.05) is 11.6 Å². The van der Waals surface area contributed by atoms with Gasteiger partial charge in [-0.3, -0.25) is 4.79 Å². The number of rotatable bonds is 5. The normalized spacial score (nSPS) is 11.3. The number of anilines is 1. The lowest BCUT2D eigenvalue weighted by Crippen LogP contribution is -2.14. The Kier molecular flexibility index (Phi) is 5.43. The van der Waals surface area contributed by atoms with Gasteiger partial charge in [-0.05, 0) is 25.5 Å². The summed E-state index contributed by atoms with van der Waals surface area (Å²) in [6.07, 6.45) is 0.931. The summed E-state index contributed by atoms with van der Waals surface area (Å²) in [6, 6.07) is 9.42. The SMILES string of the molecule is Cc1ccccc1Oc1cc(F)cc(F)c1NC(=O)c1cc(S(C)(=O)=O)oc1C. The van der Waals surface area contributed by atoms with E-state index in [9.17, 15) is 22.0 Å². The zero-order chi connectivity index (χ0) is 21.3. The lowest BCUT2D eigenvalue weighted by molar-refractivity contribution is 0.102. The van der Waals surface area contributed by atoms with Crippen LogP contribution in [-0.4, -0.2) is 20.6 Å². The Labute approximate surface area is 166 Å². The summed E-state index contributed by atoms with van der Waals surface area (Å²) in [4.78, 5) is 12.6. The van der Waals surface area contributed by atoms with Crippen LogP contribution in [-0.2, 0) is 9.84 Å². The molecule has 6 nitrogen and oxygen atoms in total. The highest BCUT2D eigenvalue weighted by Gasteiger charge is 2.23. The highest BCUT2D eigenvalue weighted by atomic mass is 32.2. The van der Waals surface area contributed by atoms with Crippen LogP contribution in [0.2, 0.25) is 0 Å². The molecule has 0 unspecified atom stereocenters. The van der Waals surface area contributed by atoms with Crippen molar-refractivity contribution in [1.29, 1.82) is 0 Å². The van der Waals surface area contributed by atoms with Gasteiger partial charge in [-0.15, -0.1) is 0 Å². The Bertz CT molecular complexity index is 1200. The zero-order valence-electron chi connectivity index (χ0n) is 15.7. The first-order chi connectivity index (χ1) is 13.6. The Morgan fingerprint density at radius 3 is 2.38 bits per heavy atom. The Morgan fingerprint density at radius 1 is 1.07 bits per heavy atom. The Hall–Kier alpha value is -3.20. The van der Waals surface area contributed by atoms with E-state index in [0.29, 0.717) is 11.8 Å². The fourth-order valence-corrected chi connectivity index (χ4v) is 3.19. The van der Waals surface area contributed by atoms with E-state index >= 15 is 0 Å². The van der Waals surface area contributed by atoms with Gasteiger partial charge in [-0.1, -0.05) is 18.2 Å². The number of para-hydroxylation sites is 1. The van der Waals surface area contributed by atoms with E-state index < -0.39 is 32.5 Å². The van der Waals surface area contributed by atoms with E-state index in [1.165, 1.54) is 6.92 Å². The molecular formula is C20H17F2NO5S. The van der Waals surface area contributed by atoms with E-state index in [-0.39, 0.29) is 22.8 Å².